The summed E-state index contributed by atoms with van der Waals surface area (Å²) in [5.74, 6) is 0.779. The molecule has 2 aliphatic rings. The lowest BCUT2D eigenvalue weighted by molar-refractivity contribution is 0.0676. The summed E-state index contributed by atoms with van der Waals surface area (Å²) >= 11 is 0. The number of benzene rings is 1. The van der Waals surface area contributed by atoms with Gasteiger partial charge in [-0.25, -0.2) is 0 Å². The van der Waals surface area contributed by atoms with Crippen LogP contribution in [0.2, 0.25) is 0 Å². The van der Waals surface area contributed by atoms with Gasteiger partial charge in [0.2, 0.25) is 0 Å². The molecule has 2 atom stereocenters. The fraction of sp³-hybridized carbons (Fsp3) is 0.647. The van der Waals surface area contributed by atoms with Crippen molar-refractivity contribution in [2.45, 2.75) is 38.3 Å². The molecule has 1 fully saturated rings. The molecule has 1 aromatic carbocycles. The van der Waals surface area contributed by atoms with E-state index in [4.69, 9.17) is 4.74 Å². The van der Waals surface area contributed by atoms with Gasteiger partial charge in [-0.15, -0.1) is 0 Å². The van der Waals surface area contributed by atoms with E-state index in [0.717, 1.165) is 19.1 Å². The SMILES string of the molecule is CNC(C)C1Cc2ccccc2N1CC1CCOCC1. The fourth-order valence-electron chi connectivity index (χ4n) is 3.56. The third-order valence-electron chi connectivity index (χ3n) is 4.96. The Bertz CT molecular complexity index is 442. The molecule has 1 N–H and O–H groups in total. The van der Waals surface area contributed by atoms with Crippen molar-refractivity contribution in [3.63, 3.8) is 0 Å². The zero-order valence-electron chi connectivity index (χ0n) is 12.6. The van der Waals surface area contributed by atoms with Crippen molar-refractivity contribution in [2.24, 2.45) is 5.92 Å². The third-order valence-corrected chi connectivity index (χ3v) is 4.96. The molecule has 2 heterocycles. The van der Waals surface area contributed by atoms with Crippen molar-refractivity contribution >= 4 is 5.69 Å². The van der Waals surface area contributed by atoms with E-state index in [1.165, 1.54) is 37.1 Å². The fourth-order valence-corrected chi connectivity index (χ4v) is 3.56. The molecule has 2 unspecified atom stereocenters. The van der Waals surface area contributed by atoms with E-state index < -0.39 is 0 Å². The number of para-hydroxylation sites is 1. The van der Waals surface area contributed by atoms with E-state index >= 15 is 0 Å². The molecule has 0 amide bonds. The van der Waals surface area contributed by atoms with Crippen LogP contribution >= 0.6 is 0 Å². The van der Waals surface area contributed by atoms with E-state index in [2.05, 4.69) is 48.5 Å². The second-order valence-electron chi connectivity index (χ2n) is 6.19. The number of fused-ring (bicyclic) bond motifs is 1. The molecule has 3 nitrogen and oxygen atoms in total. The van der Waals surface area contributed by atoms with Crippen LogP contribution in [0.5, 0.6) is 0 Å². The molecule has 2 aliphatic heterocycles. The molecule has 1 aromatic rings. The zero-order chi connectivity index (χ0) is 13.9. The maximum atomic E-state index is 5.50. The molecule has 0 aliphatic carbocycles. The first-order chi connectivity index (χ1) is 9.79. The van der Waals surface area contributed by atoms with Gasteiger partial charge in [-0.05, 0) is 50.8 Å². The summed E-state index contributed by atoms with van der Waals surface area (Å²) in [7, 11) is 2.07. The number of nitrogens with one attached hydrogen (secondary N) is 1. The van der Waals surface area contributed by atoms with Gasteiger partial charge in [0.05, 0.1) is 0 Å². The van der Waals surface area contributed by atoms with Gasteiger partial charge in [-0.2, -0.15) is 0 Å². The number of likely N-dealkylation sites (N-methyl/N-ethyl adjacent to an activating group) is 1. The van der Waals surface area contributed by atoms with Crippen molar-refractivity contribution < 1.29 is 4.74 Å². The van der Waals surface area contributed by atoms with Crippen molar-refractivity contribution in [1.82, 2.24) is 5.32 Å². The Hall–Kier alpha value is -1.06. The van der Waals surface area contributed by atoms with E-state index in [9.17, 15) is 0 Å². The van der Waals surface area contributed by atoms with Crippen molar-refractivity contribution in [3.8, 4) is 0 Å². The molecule has 1 saturated heterocycles. The normalized spacial score (nSPS) is 24.7. The summed E-state index contributed by atoms with van der Waals surface area (Å²) in [5.41, 5.74) is 2.96. The van der Waals surface area contributed by atoms with Gasteiger partial charge in [-0.3, -0.25) is 0 Å². The van der Waals surface area contributed by atoms with Crippen molar-refractivity contribution in [2.75, 3.05) is 31.7 Å². The minimum atomic E-state index is 0.516. The minimum absolute atomic E-state index is 0.516. The van der Waals surface area contributed by atoms with E-state index in [-0.39, 0.29) is 0 Å². The first kappa shape index (κ1) is 13.9. The molecule has 3 rings (SSSR count). The Morgan fingerprint density at radius 1 is 1.30 bits per heavy atom. The van der Waals surface area contributed by atoms with Crippen LogP contribution in [-0.4, -0.2) is 38.9 Å². The Kier molecular flexibility index (Phi) is 4.27. The Labute approximate surface area is 122 Å². The van der Waals surface area contributed by atoms with Gasteiger partial charge in [0.15, 0.2) is 0 Å². The largest absolute Gasteiger partial charge is 0.381 e. The number of nitrogens with zero attached hydrogens (tertiary/aromatic N) is 1. The first-order valence-corrected chi connectivity index (χ1v) is 7.89. The van der Waals surface area contributed by atoms with Crippen LogP contribution in [0.25, 0.3) is 0 Å². The van der Waals surface area contributed by atoms with E-state index in [0.29, 0.717) is 12.1 Å². The lowest BCUT2D eigenvalue weighted by Gasteiger charge is -2.35. The number of anilines is 1. The van der Waals surface area contributed by atoms with E-state index in [1.54, 1.807) is 0 Å². The van der Waals surface area contributed by atoms with Crippen LogP contribution in [0, 0.1) is 5.92 Å². The van der Waals surface area contributed by atoms with Gasteiger partial charge in [-0.1, -0.05) is 18.2 Å². The number of rotatable bonds is 4. The molecule has 3 heteroatoms. The average molecular weight is 274 g/mol. The Balaban J connectivity index is 1.79. The minimum Gasteiger partial charge on any atom is -0.381 e. The van der Waals surface area contributed by atoms with Crippen molar-refractivity contribution in [3.05, 3.63) is 29.8 Å². The maximum absolute atomic E-state index is 5.50. The molecule has 0 bridgehead atoms. The molecule has 20 heavy (non-hydrogen) atoms. The molecule has 0 saturated carbocycles. The summed E-state index contributed by atoms with van der Waals surface area (Å²) in [6.45, 7) is 5.35. The standard InChI is InChI=1S/C17H26N2O/c1-13(18-2)17-11-15-5-3-4-6-16(15)19(17)12-14-7-9-20-10-8-14/h3-6,13-14,17-18H,7-12H2,1-2H3. The van der Waals surface area contributed by atoms with Crippen LogP contribution in [0.15, 0.2) is 24.3 Å². The quantitative estimate of drug-likeness (QED) is 0.913. The predicted octanol–water partition coefficient (Wildman–Crippen LogP) is 2.45. The lowest BCUT2D eigenvalue weighted by Crippen LogP contribution is -2.48. The summed E-state index contributed by atoms with van der Waals surface area (Å²) in [4.78, 5) is 2.65. The molecule has 0 radical (unpaired) electrons. The predicted molar refractivity (Wildman–Crippen MR) is 83.3 cm³/mol. The highest BCUT2D eigenvalue weighted by atomic mass is 16.5. The average Bonchev–Trinajstić information content (AvgIpc) is 2.86. The molecule has 0 aromatic heterocycles. The van der Waals surface area contributed by atoms with Gasteiger partial charge in [0.1, 0.15) is 0 Å². The van der Waals surface area contributed by atoms with Crippen LogP contribution in [0.1, 0.15) is 25.3 Å². The number of hydrogen-bond acceptors (Lipinski definition) is 3. The second-order valence-corrected chi connectivity index (χ2v) is 6.19. The monoisotopic (exact) mass is 274 g/mol. The Morgan fingerprint density at radius 2 is 2.05 bits per heavy atom. The van der Waals surface area contributed by atoms with Crippen LogP contribution in [0.3, 0.4) is 0 Å². The summed E-state index contributed by atoms with van der Waals surface area (Å²) in [6, 6.07) is 10.0. The van der Waals surface area contributed by atoms with Gasteiger partial charge in [0.25, 0.3) is 0 Å². The van der Waals surface area contributed by atoms with Crippen molar-refractivity contribution in [1.29, 1.82) is 0 Å². The number of hydrogen-bond donors (Lipinski definition) is 1. The zero-order valence-corrected chi connectivity index (χ0v) is 12.6. The highest BCUT2D eigenvalue weighted by Crippen LogP contribution is 2.35. The lowest BCUT2D eigenvalue weighted by atomic mass is 9.98. The highest BCUT2D eigenvalue weighted by molar-refractivity contribution is 5.59. The van der Waals surface area contributed by atoms with Crippen LogP contribution in [0.4, 0.5) is 5.69 Å². The smallest absolute Gasteiger partial charge is 0.0481 e. The summed E-state index contributed by atoms with van der Waals surface area (Å²) in [5, 5.41) is 3.44. The molecule has 0 spiro atoms. The molecule has 110 valence electrons. The summed E-state index contributed by atoms with van der Waals surface area (Å²) in [6.07, 6.45) is 3.58. The van der Waals surface area contributed by atoms with Gasteiger partial charge in [0, 0.05) is 37.5 Å². The summed E-state index contributed by atoms with van der Waals surface area (Å²) < 4.78 is 5.50. The van der Waals surface area contributed by atoms with Gasteiger partial charge >= 0.3 is 0 Å². The number of ether oxygens (including phenoxy) is 1. The van der Waals surface area contributed by atoms with Gasteiger partial charge < -0.3 is 15.0 Å². The highest BCUT2D eigenvalue weighted by Gasteiger charge is 2.33. The molecular formula is C17H26N2O. The molecular weight excluding hydrogens is 248 g/mol. The van der Waals surface area contributed by atoms with Crippen LogP contribution < -0.4 is 10.2 Å². The topological polar surface area (TPSA) is 24.5 Å². The van der Waals surface area contributed by atoms with E-state index in [1.807, 2.05) is 0 Å². The van der Waals surface area contributed by atoms with Crippen LogP contribution in [-0.2, 0) is 11.2 Å². The third kappa shape index (κ3) is 2.70. The second kappa shape index (κ2) is 6.15. The first-order valence-electron chi connectivity index (χ1n) is 7.89. The Morgan fingerprint density at radius 3 is 2.80 bits per heavy atom. The maximum Gasteiger partial charge on any atom is 0.0481 e.